The summed E-state index contributed by atoms with van der Waals surface area (Å²) >= 11 is 0. The van der Waals surface area contributed by atoms with Crippen LogP contribution in [0.5, 0.6) is 5.88 Å². The Kier molecular flexibility index (Phi) is 8.34. The average Bonchev–Trinajstić information content (AvgIpc) is 2.61. The van der Waals surface area contributed by atoms with Crippen LogP contribution in [0.3, 0.4) is 0 Å². The number of pyridine rings is 1. The normalized spacial score (nSPS) is 17.0. The molecule has 0 aromatic carbocycles. The second kappa shape index (κ2) is 10.2. The fourth-order valence-electron chi connectivity index (χ4n) is 2.47. The Labute approximate surface area is 146 Å². The molecular weight excluding hydrogens is 330 g/mol. The number of rotatable bonds is 6. The number of carbonyl (C=O) groups is 3. The number of hydrogen-bond acceptors (Lipinski definition) is 6. The summed E-state index contributed by atoms with van der Waals surface area (Å²) in [6.45, 7) is 2.72. The zero-order valence-corrected chi connectivity index (χ0v) is 14.5. The second-order valence-electron chi connectivity index (χ2n) is 5.23. The van der Waals surface area contributed by atoms with E-state index in [2.05, 4.69) is 4.98 Å². The van der Waals surface area contributed by atoms with E-state index in [1.807, 2.05) is 6.07 Å². The summed E-state index contributed by atoms with van der Waals surface area (Å²) in [6.07, 6.45) is 1.63. The Hall–Kier alpha value is -2.68. The van der Waals surface area contributed by atoms with Gasteiger partial charge in [-0.15, -0.1) is 0 Å². The van der Waals surface area contributed by atoms with Crippen LogP contribution in [0.25, 0.3) is 0 Å². The molecule has 0 saturated carbocycles. The zero-order chi connectivity index (χ0) is 18.8. The molecule has 2 heterocycles. The predicted octanol–water partition coefficient (Wildman–Crippen LogP) is -0.00330. The van der Waals surface area contributed by atoms with Crippen molar-refractivity contribution in [1.29, 1.82) is 0 Å². The largest absolute Gasteiger partial charge is 0.483 e. The highest BCUT2D eigenvalue weighted by molar-refractivity contribution is 5.94. The van der Waals surface area contributed by atoms with Gasteiger partial charge in [-0.1, -0.05) is 6.07 Å². The van der Waals surface area contributed by atoms with Crippen LogP contribution in [0, 0.1) is 0 Å². The maximum absolute atomic E-state index is 12.4. The van der Waals surface area contributed by atoms with Gasteiger partial charge in [0.2, 0.25) is 17.7 Å². The van der Waals surface area contributed by atoms with Gasteiger partial charge < -0.3 is 24.4 Å². The maximum Gasteiger partial charge on any atom is 0.290 e. The van der Waals surface area contributed by atoms with E-state index in [-0.39, 0.29) is 24.8 Å². The Morgan fingerprint density at radius 3 is 2.68 bits per heavy atom. The van der Waals surface area contributed by atoms with E-state index < -0.39 is 6.04 Å². The molecule has 138 valence electrons. The van der Waals surface area contributed by atoms with Crippen molar-refractivity contribution in [3.63, 3.8) is 0 Å². The molecule has 0 radical (unpaired) electrons. The Morgan fingerprint density at radius 2 is 2.08 bits per heavy atom. The van der Waals surface area contributed by atoms with Crippen LogP contribution in [0.15, 0.2) is 18.3 Å². The number of carboxylic acid groups (broad SMARTS) is 1. The zero-order valence-electron chi connectivity index (χ0n) is 14.5. The maximum atomic E-state index is 12.4. The molecule has 1 N–H and O–H groups in total. The van der Waals surface area contributed by atoms with E-state index in [0.717, 1.165) is 5.56 Å². The third kappa shape index (κ3) is 5.42. The minimum atomic E-state index is -0.511. The van der Waals surface area contributed by atoms with Crippen molar-refractivity contribution >= 4 is 18.3 Å². The number of nitrogens with zero attached hydrogens (tertiary/aromatic N) is 3. The van der Waals surface area contributed by atoms with Crippen molar-refractivity contribution in [2.75, 3.05) is 33.9 Å². The fourth-order valence-corrected chi connectivity index (χ4v) is 2.47. The molecule has 0 aliphatic carbocycles. The van der Waals surface area contributed by atoms with Crippen molar-refractivity contribution in [2.24, 2.45) is 0 Å². The first kappa shape index (κ1) is 20.4. The molecule has 9 nitrogen and oxygen atoms in total. The first-order chi connectivity index (χ1) is 12.0. The van der Waals surface area contributed by atoms with Crippen LogP contribution >= 0.6 is 0 Å². The van der Waals surface area contributed by atoms with E-state index in [0.29, 0.717) is 25.6 Å². The van der Waals surface area contributed by atoms with Gasteiger partial charge in [0.1, 0.15) is 6.04 Å². The molecular formula is C16H23N3O6. The van der Waals surface area contributed by atoms with Crippen LogP contribution in [0.4, 0.5) is 0 Å². The Morgan fingerprint density at radius 1 is 1.40 bits per heavy atom. The topological polar surface area (TPSA) is 109 Å². The molecule has 25 heavy (non-hydrogen) atoms. The number of carbonyl (C=O) groups excluding carboxylic acids is 2. The summed E-state index contributed by atoms with van der Waals surface area (Å²) in [4.78, 5) is 40.3. The molecule has 1 aliphatic heterocycles. The molecule has 2 rings (SSSR count). The molecule has 0 unspecified atom stereocenters. The van der Waals surface area contributed by atoms with Crippen molar-refractivity contribution in [2.45, 2.75) is 19.5 Å². The monoisotopic (exact) mass is 353 g/mol. The summed E-state index contributed by atoms with van der Waals surface area (Å²) in [7, 11) is 3.10. The standard InChI is InChI=1S/C15H21N3O4.CH2O2/c1-11-15(20)17(7-8-21-2)10-13(19)18(11)9-12-5-4-6-16-14(12)22-3;2-1-3/h4-6,11H,7-10H2,1-3H3;1H,(H,2,3)/t11-;/m0./s1. The lowest BCUT2D eigenvalue weighted by molar-refractivity contribution is -0.156. The highest BCUT2D eigenvalue weighted by atomic mass is 16.5. The van der Waals surface area contributed by atoms with Gasteiger partial charge in [-0.05, 0) is 13.0 Å². The molecule has 0 spiro atoms. The number of piperazine rings is 1. The van der Waals surface area contributed by atoms with Gasteiger partial charge in [-0.3, -0.25) is 14.4 Å². The van der Waals surface area contributed by atoms with Crippen molar-refractivity contribution in [3.8, 4) is 5.88 Å². The Bertz CT molecular complexity index is 595. The number of ether oxygens (including phenoxy) is 2. The molecule has 1 aromatic rings. The SMILES string of the molecule is COCCN1CC(=O)N(Cc2cccnc2OC)[C@@H](C)C1=O.O=CO. The number of hydrogen-bond donors (Lipinski definition) is 1. The second-order valence-corrected chi connectivity index (χ2v) is 5.23. The van der Waals surface area contributed by atoms with Crippen molar-refractivity contribution < 1.29 is 29.0 Å². The molecule has 9 heteroatoms. The minimum absolute atomic E-state index is 0.0699. The number of amides is 2. The molecule has 1 saturated heterocycles. The highest BCUT2D eigenvalue weighted by Crippen LogP contribution is 2.20. The fraction of sp³-hybridized carbons (Fsp3) is 0.500. The lowest BCUT2D eigenvalue weighted by Crippen LogP contribution is -2.58. The predicted molar refractivity (Wildman–Crippen MR) is 87.9 cm³/mol. The van der Waals surface area contributed by atoms with Crippen LogP contribution < -0.4 is 4.74 Å². The van der Waals surface area contributed by atoms with E-state index in [4.69, 9.17) is 19.4 Å². The summed E-state index contributed by atoms with van der Waals surface area (Å²) < 4.78 is 10.2. The molecule has 1 aromatic heterocycles. The summed E-state index contributed by atoms with van der Waals surface area (Å²) in [5.74, 6) is 0.311. The summed E-state index contributed by atoms with van der Waals surface area (Å²) in [5, 5.41) is 6.89. The molecule has 0 bridgehead atoms. The Balaban J connectivity index is 0.000000970. The highest BCUT2D eigenvalue weighted by Gasteiger charge is 2.36. The van der Waals surface area contributed by atoms with Crippen LogP contribution in [0.1, 0.15) is 12.5 Å². The molecule has 2 amide bonds. The van der Waals surface area contributed by atoms with Crippen molar-refractivity contribution in [3.05, 3.63) is 23.9 Å². The smallest absolute Gasteiger partial charge is 0.290 e. The van der Waals surface area contributed by atoms with E-state index in [9.17, 15) is 9.59 Å². The quantitative estimate of drug-likeness (QED) is 0.717. The number of methoxy groups -OCH3 is 2. The number of aromatic nitrogens is 1. The van der Waals surface area contributed by atoms with Gasteiger partial charge in [0.25, 0.3) is 6.47 Å². The van der Waals surface area contributed by atoms with Gasteiger partial charge in [-0.2, -0.15) is 0 Å². The van der Waals surface area contributed by atoms with Crippen LogP contribution in [-0.4, -0.2) is 78.1 Å². The minimum Gasteiger partial charge on any atom is -0.483 e. The van der Waals surface area contributed by atoms with Gasteiger partial charge in [0.15, 0.2) is 0 Å². The van der Waals surface area contributed by atoms with Gasteiger partial charge in [0.05, 0.1) is 26.8 Å². The lowest BCUT2D eigenvalue weighted by Gasteiger charge is -2.38. The van der Waals surface area contributed by atoms with E-state index in [1.165, 1.54) is 12.0 Å². The van der Waals surface area contributed by atoms with Crippen molar-refractivity contribution in [1.82, 2.24) is 14.8 Å². The summed E-state index contributed by atoms with van der Waals surface area (Å²) in [6, 6.07) is 3.11. The van der Waals surface area contributed by atoms with Gasteiger partial charge in [-0.25, -0.2) is 4.98 Å². The van der Waals surface area contributed by atoms with E-state index in [1.54, 1.807) is 31.2 Å². The summed E-state index contributed by atoms with van der Waals surface area (Å²) in [5.41, 5.74) is 0.781. The van der Waals surface area contributed by atoms with Crippen LogP contribution in [0.2, 0.25) is 0 Å². The van der Waals surface area contributed by atoms with Gasteiger partial charge in [0, 0.05) is 25.4 Å². The molecule has 1 atom stereocenters. The van der Waals surface area contributed by atoms with Crippen LogP contribution in [-0.2, 0) is 25.7 Å². The first-order valence-electron chi connectivity index (χ1n) is 7.63. The molecule has 1 fully saturated rings. The lowest BCUT2D eigenvalue weighted by atomic mass is 10.1. The van der Waals surface area contributed by atoms with Gasteiger partial charge >= 0.3 is 0 Å². The average molecular weight is 353 g/mol. The van der Waals surface area contributed by atoms with E-state index >= 15 is 0 Å². The third-order valence-corrected chi connectivity index (χ3v) is 3.73. The third-order valence-electron chi connectivity index (χ3n) is 3.73. The molecule has 1 aliphatic rings. The first-order valence-corrected chi connectivity index (χ1v) is 7.63.